The first-order valence-electron chi connectivity index (χ1n) is 7.86. The molecule has 0 aromatic carbocycles. The van der Waals surface area contributed by atoms with Gasteiger partial charge in [-0.3, -0.25) is 24.0 Å². The normalized spacial score (nSPS) is 19.0. The number of aromatic amines is 1. The van der Waals surface area contributed by atoms with Crippen LogP contribution in [0.15, 0.2) is 9.59 Å². The van der Waals surface area contributed by atoms with Crippen LogP contribution in [0.25, 0.3) is 0 Å². The van der Waals surface area contributed by atoms with Crippen LogP contribution in [0.3, 0.4) is 0 Å². The van der Waals surface area contributed by atoms with Gasteiger partial charge in [0, 0.05) is 12.1 Å². The smallest absolute Gasteiger partial charge is 0.330 e. The van der Waals surface area contributed by atoms with Gasteiger partial charge in [0.05, 0.1) is 6.54 Å². The molecule has 1 aromatic heterocycles. The fourth-order valence-electron chi connectivity index (χ4n) is 3.31. The Labute approximate surface area is 128 Å². The van der Waals surface area contributed by atoms with E-state index in [-0.39, 0.29) is 29.8 Å². The molecule has 2 aliphatic carbocycles. The molecule has 2 saturated carbocycles. The summed E-state index contributed by atoms with van der Waals surface area (Å²) >= 11 is 0. The van der Waals surface area contributed by atoms with Gasteiger partial charge < -0.3 is 5.73 Å². The Morgan fingerprint density at radius 3 is 2.50 bits per heavy atom. The third-order valence-electron chi connectivity index (χ3n) is 4.71. The first-order valence-corrected chi connectivity index (χ1v) is 7.86. The molecule has 120 valence electrons. The van der Waals surface area contributed by atoms with Crippen molar-refractivity contribution in [3.63, 3.8) is 0 Å². The number of nitrogens with two attached hydrogens (primary N) is 1. The average molecular weight is 306 g/mol. The SMILES string of the molecule is CN(CC(=O)c1c(N)n(C2CC2)c(=O)[nH]c1=O)C1CCCC1. The van der Waals surface area contributed by atoms with Gasteiger partial charge >= 0.3 is 5.69 Å². The zero-order chi connectivity index (χ0) is 15.9. The molecule has 0 spiro atoms. The van der Waals surface area contributed by atoms with Crippen molar-refractivity contribution in [2.24, 2.45) is 0 Å². The van der Waals surface area contributed by atoms with Crippen LogP contribution in [0.2, 0.25) is 0 Å². The highest BCUT2D eigenvalue weighted by molar-refractivity contribution is 6.01. The van der Waals surface area contributed by atoms with Crippen molar-refractivity contribution in [2.45, 2.75) is 50.6 Å². The van der Waals surface area contributed by atoms with Crippen molar-refractivity contribution in [2.75, 3.05) is 19.3 Å². The maximum absolute atomic E-state index is 12.5. The summed E-state index contributed by atoms with van der Waals surface area (Å²) in [6.45, 7) is 0.154. The molecule has 0 atom stereocenters. The standard InChI is InChI=1S/C15H22N4O3/c1-18(9-4-2-3-5-9)8-11(20)12-13(16)19(10-6-7-10)15(22)17-14(12)21/h9-10H,2-8,16H2,1H3,(H,17,21,22). The molecule has 7 heteroatoms. The second kappa shape index (κ2) is 5.72. The Kier molecular flexibility index (Phi) is 3.90. The van der Waals surface area contributed by atoms with Crippen LogP contribution in [0.1, 0.15) is 54.9 Å². The fourth-order valence-corrected chi connectivity index (χ4v) is 3.31. The van der Waals surface area contributed by atoms with Crippen molar-refractivity contribution in [1.29, 1.82) is 0 Å². The third kappa shape index (κ3) is 2.72. The molecular formula is C15H22N4O3. The number of anilines is 1. The molecule has 0 amide bonds. The molecule has 0 bridgehead atoms. The van der Waals surface area contributed by atoms with E-state index in [1.54, 1.807) is 0 Å². The highest BCUT2D eigenvalue weighted by Gasteiger charge is 2.30. The number of ketones is 1. The topological polar surface area (TPSA) is 101 Å². The molecule has 0 saturated heterocycles. The number of nitrogen functional groups attached to an aromatic ring is 1. The Morgan fingerprint density at radius 2 is 1.91 bits per heavy atom. The number of H-pyrrole nitrogens is 1. The van der Waals surface area contributed by atoms with Gasteiger partial charge in [-0.2, -0.15) is 0 Å². The molecular weight excluding hydrogens is 284 g/mol. The number of carbonyl (C=O) groups excluding carboxylic acids is 1. The number of carbonyl (C=O) groups is 1. The van der Waals surface area contributed by atoms with E-state index in [9.17, 15) is 14.4 Å². The second-order valence-corrected chi connectivity index (χ2v) is 6.40. The number of nitrogens with zero attached hydrogens (tertiary/aromatic N) is 2. The zero-order valence-electron chi connectivity index (χ0n) is 12.8. The summed E-state index contributed by atoms with van der Waals surface area (Å²) in [5.41, 5.74) is 4.69. The predicted octanol–water partition coefficient (Wildman–Crippen LogP) is 0.511. The summed E-state index contributed by atoms with van der Waals surface area (Å²) in [5, 5.41) is 0. The molecule has 0 radical (unpaired) electrons. The predicted molar refractivity (Wildman–Crippen MR) is 83.2 cm³/mol. The van der Waals surface area contributed by atoms with Crippen LogP contribution in [0, 0.1) is 0 Å². The van der Waals surface area contributed by atoms with Crippen LogP contribution in [0.5, 0.6) is 0 Å². The van der Waals surface area contributed by atoms with Crippen LogP contribution in [-0.4, -0.2) is 39.9 Å². The summed E-state index contributed by atoms with van der Waals surface area (Å²) in [4.78, 5) is 40.6. The quantitative estimate of drug-likeness (QED) is 0.772. The van der Waals surface area contributed by atoms with Gasteiger partial charge in [-0.25, -0.2) is 4.79 Å². The molecule has 22 heavy (non-hydrogen) atoms. The summed E-state index contributed by atoms with van der Waals surface area (Å²) in [6, 6.07) is 0.405. The Bertz CT molecular complexity index is 696. The van der Waals surface area contributed by atoms with Gasteiger partial charge in [-0.1, -0.05) is 12.8 Å². The summed E-state index contributed by atoms with van der Waals surface area (Å²) in [5.74, 6) is -0.302. The largest absolute Gasteiger partial charge is 0.384 e. The molecule has 0 aliphatic heterocycles. The maximum atomic E-state index is 12.5. The highest BCUT2D eigenvalue weighted by Crippen LogP contribution is 2.35. The lowest BCUT2D eigenvalue weighted by molar-refractivity contribution is 0.0919. The van der Waals surface area contributed by atoms with Gasteiger partial charge in [0.1, 0.15) is 11.4 Å². The van der Waals surface area contributed by atoms with Crippen LogP contribution >= 0.6 is 0 Å². The van der Waals surface area contributed by atoms with E-state index < -0.39 is 11.2 Å². The monoisotopic (exact) mass is 306 g/mol. The summed E-state index contributed by atoms with van der Waals surface area (Å²) in [7, 11) is 1.90. The minimum Gasteiger partial charge on any atom is -0.384 e. The highest BCUT2D eigenvalue weighted by atomic mass is 16.2. The first kappa shape index (κ1) is 15.0. The number of hydrogen-bond acceptors (Lipinski definition) is 5. The number of aromatic nitrogens is 2. The molecule has 3 N–H and O–H groups in total. The van der Waals surface area contributed by atoms with Crippen molar-refractivity contribution in [1.82, 2.24) is 14.5 Å². The van der Waals surface area contributed by atoms with E-state index in [0.717, 1.165) is 25.7 Å². The third-order valence-corrected chi connectivity index (χ3v) is 4.71. The van der Waals surface area contributed by atoms with Gasteiger partial charge in [-0.05, 0) is 32.7 Å². The fraction of sp³-hybridized carbons (Fsp3) is 0.667. The van der Waals surface area contributed by atoms with E-state index in [0.29, 0.717) is 6.04 Å². The van der Waals surface area contributed by atoms with Crippen molar-refractivity contribution in [3.8, 4) is 0 Å². The lowest BCUT2D eigenvalue weighted by Gasteiger charge is -2.23. The molecule has 0 unspecified atom stereocenters. The van der Waals surface area contributed by atoms with Crippen molar-refractivity contribution in [3.05, 3.63) is 26.4 Å². The Morgan fingerprint density at radius 1 is 1.27 bits per heavy atom. The average Bonchev–Trinajstić information content (AvgIpc) is 3.11. The van der Waals surface area contributed by atoms with E-state index >= 15 is 0 Å². The first-order chi connectivity index (χ1) is 10.5. The Hall–Kier alpha value is -1.89. The molecule has 2 aliphatic rings. The number of hydrogen-bond donors (Lipinski definition) is 2. The van der Waals surface area contributed by atoms with Gasteiger partial charge in [0.25, 0.3) is 5.56 Å². The van der Waals surface area contributed by atoms with Gasteiger partial charge in [0.15, 0.2) is 5.78 Å². The molecule has 2 fully saturated rings. The zero-order valence-corrected chi connectivity index (χ0v) is 12.8. The Balaban J connectivity index is 1.87. The molecule has 3 rings (SSSR count). The van der Waals surface area contributed by atoms with Crippen LogP contribution < -0.4 is 17.0 Å². The van der Waals surface area contributed by atoms with E-state index in [2.05, 4.69) is 4.98 Å². The van der Waals surface area contributed by atoms with Crippen LogP contribution in [-0.2, 0) is 0 Å². The maximum Gasteiger partial charge on any atom is 0.330 e. The molecule has 1 heterocycles. The minimum absolute atomic E-state index is 0.0149. The lowest BCUT2D eigenvalue weighted by atomic mass is 10.1. The van der Waals surface area contributed by atoms with Crippen molar-refractivity contribution >= 4 is 11.6 Å². The number of nitrogens with one attached hydrogen (secondary N) is 1. The number of likely N-dealkylation sites (N-methyl/N-ethyl adjacent to an activating group) is 1. The van der Waals surface area contributed by atoms with Crippen molar-refractivity contribution < 1.29 is 4.79 Å². The van der Waals surface area contributed by atoms with E-state index in [1.807, 2.05) is 11.9 Å². The summed E-state index contributed by atoms with van der Waals surface area (Å²) < 4.78 is 1.35. The number of rotatable bonds is 5. The van der Waals surface area contributed by atoms with Gasteiger partial charge in [0.2, 0.25) is 0 Å². The second-order valence-electron chi connectivity index (χ2n) is 6.40. The van der Waals surface area contributed by atoms with E-state index in [4.69, 9.17) is 5.73 Å². The molecule has 7 nitrogen and oxygen atoms in total. The van der Waals surface area contributed by atoms with Gasteiger partial charge in [-0.15, -0.1) is 0 Å². The minimum atomic E-state index is -0.677. The summed E-state index contributed by atoms with van der Waals surface area (Å²) in [6.07, 6.45) is 6.23. The van der Waals surface area contributed by atoms with Crippen LogP contribution in [0.4, 0.5) is 5.82 Å². The van der Waals surface area contributed by atoms with E-state index in [1.165, 1.54) is 17.4 Å². The number of Topliss-reactive ketones (excluding diaryl/α,β-unsaturated/α-hetero) is 1. The lowest BCUT2D eigenvalue weighted by Crippen LogP contribution is -2.40. The molecule has 1 aromatic rings.